The van der Waals surface area contributed by atoms with E-state index in [-0.39, 0.29) is 18.3 Å². The number of carbonyl (C=O) groups excluding carboxylic acids is 1. The van der Waals surface area contributed by atoms with E-state index in [2.05, 4.69) is 17.2 Å². The third kappa shape index (κ3) is 8.55. The van der Waals surface area contributed by atoms with Crippen molar-refractivity contribution < 1.29 is 14.7 Å². The van der Waals surface area contributed by atoms with Crippen LogP contribution in [-0.4, -0.2) is 35.5 Å². The summed E-state index contributed by atoms with van der Waals surface area (Å²) in [5, 5.41) is 21.5. The summed E-state index contributed by atoms with van der Waals surface area (Å²) in [6.45, 7) is 4.08. The van der Waals surface area contributed by atoms with Crippen molar-refractivity contribution in [1.29, 1.82) is 5.41 Å². The van der Waals surface area contributed by atoms with Crippen molar-refractivity contribution >= 4 is 17.8 Å². The molecule has 0 fully saturated rings. The minimum absolute atomic E-state index is 0.0550. The van der Waals surface area contributed by atoms with Gasteiger partial charge in [-0.2, -0.15) is 0 Å². The Morgan fingerprint density at radius 1 is 1.28 bits per heavy atom. The predicted molar refractivity (Wildman–Crippen MR) is 97.8 cm³/mol. The molecule has 7 heteroatoms. The molecule has 0 aliphatic heterocycles. The lowest BCUT2D eigenvalue weighted by Crippen LogP contribution is -2.43. The number of carboxylic acids is 1. The van der Waals surface area contributed by atoms with Gasteiger partial charge in [-0.25, -0.2) is 4.79 Å². The molecule has 0 spiro atoms. The molecule has 0 aliphatic carbocycles. The SMILES string of the molecule is C=CCC(CC(=O)O)NC(=O)NCCCCc1ccc(C(=N)N)cc1. The van der Waals surface area contributed by atoms with E-state index in [0.29, 0.717) is 18.5 Å². The Bertz CT molecular complexity index is 599. The number of unbranched alkanes of at least 4 members (excludes halogenated alkanes) is 1. The fourth-order valence-corrected chi connectivity index (χ4v) is 2.35. The van der Waals surface area contributed by atoms with Gasteiger partial charge >= 0.3 is 12.0 Å². The van der Waals surface area contributed by atoms with Gasteiger partial charge in [0.15, 0.2) is 0 Å². The summed E-state index contributed by atoms with van der Waals surface area (Å²) < 4.78 is 0. The fourth-order valence-electron chi connectivity index (χ4n) is 2.35. The van der Waals surface area contributed by atoms with Crippen molar-refractivity contribution in [3.05, 3.63) is 48.0 Å². The van der Waals surface area contributed by atoms with E-state index in [1.165, 1.54) is 0 Å². The monoisotopic (exact) mass is 346 g/mol. The number of nitrogens with two attached hydrogens (primary N) is 1. The third-order valence-corrected chi connectivity index (χ3v) is 3.65. The molecule has 1 aromatic rings. The van der Waals surface area contributed by atoms with Crippen LogP contribution < -0.4 is 16.4 Å². The lowest BCUT2D eigenvalue weighted by Gasteiger charge is -2.15. The van der Waals surface area contributed by atoms with Gasteiger partial charge in [-0.3, -0.25) is 10.2 Å². The predicted octanol–water partition coefficient (Wildman–Crippen LogP) is 2.01. The Morgan fingerprint density at radius 2 is 1.96 bits per heavy atom. The van der Waals surface area contributed by atoms with E-state index in [4.69, 9.17) is 16.2 Å². The molecule has 0 aliphatic rings. The molecular weight excluding hydrogens is 320 g/mol. The van der Waals surface area contributed by atoms with Crippen molar-refractivity contribution in [2.24, 2.45) is 5.73 Å². The number of hydrogen-bond acceptors (Lipinski definition) is 3. The van der Waals surface area contributed by atoms with Gasteiger partial charge in [0.25, 0.3) is 0 Å². The summed E-state index contributed by atoms with van der Waals surface area (Å²) in [7, 11) is 0. The van der Waals surface area contributed by atoms with E-state index in [1.54, 1.807) is 6.08 Å². The number of urea groups is 1. The molecule has 0 aromatic heterocycles. The molecule has 6 N–H and O–H groups in total. The van der Waals surface area contributed by atoms with Crippen LogP contribution in [0.3, 0.4) is 0 Å². The number of nitrogen functional groups attached to an aromatic ring is 1. The van der Waals surface area contributed by atoms with E-state index < -0.39 is 12.0 Å². The Labute approximate surface area is 147 Å². The quantitative estimate of drug-likeness (QED) is 0.182. The number of nitrogens with one attached hydrogen (secondary N) is 3. The third-order valence-electron chi connectivity index (χ3n) is 3.65. The highest BCUT2D eigenvalue weighted by molar-refractivity contribution is 5.94. The first-order valence-electron chi connectivity index (χ1n) is 8.22. The van der Waals surface area contributed by atoms with Crippen molar-refractivity contribution in [2.45, 2.75) is 38.1 Å². The number of rotatable bonds is 11. The average molecular weight is 346 g/mol. The summed E-state index contributed by atoms with van der Waals surface area (Å²) in [4.78, 5) is 22.5. The molecular formula is C18H26N4O3. The number of aliphatic carboxylic acids is 1. The Balaban J connectivity index is 2.23. The highest BCUT2D eigenvalue weighted by Gasteiger charge is 2.14. The van der Waals surface area contributed by atoms with E-state index in [9.17, 15) is 9.59 Å². The number of amides is 2. The summed E-state index contributed by atoms with van der Waals surface area (Å²) in [6.07, 6.45) is 4.47. The number of carbonyl (C=O) groups is 2. The molecule has 0 heterocycles. The molecule has 7 nitrogen and oxygen atoms in total. The number of aryl methyl sites for hydroxylation is 1. The Kier molecular flexibility index (Phi) is 8.78. The largest absolute Gasteiger partial charge is 0.481 e. The summed E-state index contributed by atoms with van der Waals surface area (Å²) >= 11 is 0. The molecule has 136 valence electrons. The zero-order chi connectivity index (χ0) is 18.7. The average Bonchev–Trinajstić information content (AvgIpc) is 2.54. The van der Waals surface area contributed by atoms with Crippen molar-refractivity contribution in [3.8, 4) is 0 Å². The zero-order valence-corrected chi connectivity index (χ0v) is 14.3. The first-order valence-corrected chi connectivity index (χ1v) is 8.22. The Hall–Kier alpha value is -2.83. The van der Waals surface area contributed by atoms with Crippen LogP contribution in [0.15, 0.2) is 36.9 Å². The zero-order valence-electron chi connectivity index (χ0n) is 14.3. The van der Waals surface area contributed by atoms with Gasteiger partial charge in [0.1, 0.15) is 5.84 Å². The number of hydrogen-bond donors (Lipinski definition) is 5. The molecule has 2 amide bonds. The minimum Gasteiger partial charge on any atom is -0.481 e. The fraction of sp³-hybridized carbons (Fsp3) is 0.389. The van der Waals surface area contributed by atoms with Crippen LogP contribution in [0.4, 0.5) is 4.79 Å². The van der Waals surface area contributed by atoms with Crippen LogP contribution in [0, 0.1) is 5.41 Å². The van der Waals surface area contributed by atoms with Crippen LogP contribution in [0.1, 0.15) is 36.8 Å². The Morgan fingerprint density at radius 3 is 2.52 bits per heavy atom. The topological polar surface area (TPSA) is 128 Å². The summed E-state index contributed by atoms with van der Waals surface area (Å²) in [5.74, 6) is -0.901. The molecule has 25 heavy (non-hydrogen) atoms. The highest BCUT2D eigenvalue weighted by atomic mass is 16.4. The van der Waals surface area contributed by atoms with Crippen LogP contribution in [-0.2, 0) is 11.2 Å². The van der Waals surface area contributed by atoms with Crippen molar-refractivity contribution in [3.63, 3.8) is 0 Å². The van der Waals surface area contributed by atoms with Crippen molar-refractivity contribution in [2.75, 3.05) is 6.54 Å². The highest BCUT2D eigenvalue weighted by Crippen LogP contribution is 2.07. The molecule has 0 radical (unpaired) electrons. The van der Waals surface area contributed by atoms with E-state index in [0.717, 1.165) is 24.8 Å². The van der Waals surface area contributed by atoms with Gasteiger partial charge in [0.05, 0.1) is 6.42 Å². The van der Waals surface area contributed by atoms with Gasteiger partial charge in [-0.05, 0) is 31.2 Å². The molecule has 1 unspecified atom stereocenters. The van der Waals surface area contributed by atoms with Crippen molar-refractivity contribution in [1.82, 2.24) is 10.6 Å². The second-order valence-corrected chi connectivity index (χ2v) is 5.79. The van der Waals surface area contributed by atoms with E-state index >= 15 is 0 Å². The first-order chi connectivity index (χ1) is 11.9. The molecule has 1 aromatic carbocycles. The maximum Gasteiger partial charge on any atom is 0.315 e. The van der Waals surface area contributed by atoms with E-state index in [1.807, 2.05) is 24.3 Å². The van der Waals surface area contributed by atoms with Gasteiger partial charge in [-0.1, -0.05) is 30.3 Å². The molecule has 0 saturated heterocycles. The summed E-state index contributed by atoms with van der Waals surface area (Å²) in [5.41, 5.74) is 7.27. The van der Waals surface area contributed by atoms with Crippen LogP contribution in [0.2, 0.25) is 0 Å². The smallest absolute Gasteiger partial charge is 0.315 e. The maximum atomic E-state index is 11.8. The number of carboxylic acid groups (broad SMARTS) is 1. The first kappa shape index (κ1) is 20.2. The molecule has 0 bridgehead atoms. The number of benzene rings is 1. The van der Waals surface area contributed by atoms with Crippen LogP contribution in [0.5, 0.6) is 0 Å². The minimum atomic E-state index is -0.956. The lowest BCUT2D eigenvalue weighted by atomic mass is 10.1. The normalized spacial score (nSPS) is 11.4. The maximum absolute atomic E-state index is 11.8. The van der Waals surface area contributed by atoms with Gasteiger partial charge in [0, 0.05) is 18.2 Å². The van der Waals surface area contributed by atoms with Crippen LogP contribution in [0.25, 0.3) is 0 Å². The standard InChI is InChI=1S/C18H26N4O3/c1-2-5-15(12-16(23)24)22-18(25)21-11-4-3-6-13-7-9-14(10-8-13)17(19)20/h2,7-10,15H,1,3-6,11-12H2,(H3,19,20)(H,23,24)(H2,21,22,25). The summed E-state index contributed by atoms with van der Waals surface area (Å²) in [6, 6.07) is 6.73. The van der Waals surface area contributed by atoms with Crippen LogP contribution >= 0.6 is 0 Å². The van der Waals surface area contributed by atoms with Gasteiger partial charge in [-0.15, -0.1) is 6.58 Å². The second-order valence-electron chi connectivity index (χ2n) is 5.79. The van der Waals surface area contributed by atoms with Gasteiger partial charge in [0.2, 0.25) is 0 Å². The molecule has 0 saturated carbocycles. The van der Waals surface area contributed by atoms with Gasteiger partial charge < -0.3 is 21.5 Å². The second kappa shape index (κ2) is 10.9. The lowest BCUT2D eigenvalue weighted by molar-refractivity contribution is -0.137. The molecule has 1 rings (SSSR count). The molecule has 1 atom stereocenters. The number of amidine groups is 1.